The highest BCUT2D eigenvalue weighted by molar-refractivity contribution is 5.82. The molecule has 1 fully saturated rings. The monoisotopic (exact) mass is 261 g/mol. The number of rotatable bonds is 4. The van der Waals surface area contributed by atoms with E-state index >= 15 is 0 Å². The van der Waals surface area contributed by atoms with Crippen molar-refractivity contribution in [3.05, 3.63) is 35.4 Å². The molecule has 1 saturated carbocycles. The Kier molecular flexibility index (Phi) is 4.59. The van der Waals surface area contributed by atoms with Gasteiger partial charge in [0.25, 0.3) is 0 Å². The predicted octanol–water partition coefficient (Wildman–Crippen LogP) is 2.77. The first-order valence-electron chi connectivity index (χ1n) is 7.11. The van der Waals surface area contributed by atoms with Crippen molar-refractivity contribution in [2.75, 3.05) is 0 Å². The Hall–Kier alpha value is -1.35. The molecule has 1 aliphatic carbocycles. The van der Waals surface area contributed by atoms with Crippen LogP contribution in [-0.4, -0.2) is 11.0 Å². The maximum absolute atomic E-state index is 12.3. The van der Waals surface area contributed by atoms with Crippen molar-refractivity contribution in [1.29, 1.82) is 0 Å². The van der Waals surface area contributed by atoms with E-state index in [0.717, 1.165) is 36.8 Å². The van der Waals surface area contributed by atoms with Gasteiger partial charge < -0.3 is 10.4 Å². The first-order valence-corrected chi connectivity index (χ1v) is 7.11. The third kappa shape index (κ3) is 3.57. The van der Waals surface area contributed by atoms with Gasteiger partial charge in [-0.15, -0.1) is 0 Å². The van der Waals surface area contributed by atoms with Crippen molar-refractivity contribution in [3.63, 3.8) is 0 Å². The zero-order valence-corrected chi connectivity index (χ0v) is 11.6. The van der Waals surface area contributed by atoms with E-state index in [1.54, 1.807) is 0 Å². The number of carbonyl (C=O) groups excluding carboxylic acids is 1. The number of nitrogens with one attached hydrogen (secondary N) is 1. The van der Waals surface area contributed by atoms with Gasteiger partial charge in [-0.1, -0.05) is 50.5 Å². The van der Waals surface area contributed by atoms with E-state index in [0.29, 0.717) is 6.54 Å². The number of benzene rings is 1. The van der Waals surface area contributed by atoms with Crippen LogP contribution >= 0.6 is 0 Å². The van der Waals surface area contributed by atoms with Crippen LogP contribution < -0.4 is 5.32 Å². The second-order valence-electron chi connectivity index (χ2n) is 5.78. The van der Waals surface area contributed by atoms with Crippen LogP contribution in [0.4, 0.5) is 0 Å². The Morgan fingerprint density at radius 3 is 2.63 bits per heavy atom. The van der Waals surface area contributed by atoms with E-state index in [-0.39, 0.29) is 17.9 Å². The minimum atomic E-state index is -0.188. The van der Waals surface area contributed by atoms with Gasteiger partial charge in [-0.05, 0) is 24.0 Å². The molecule has 0 unspecified atom stereocenters. The molecule has 0 spiro atoms. The number of hydrogen-bond donors (Lipinski definition) is 2. The fourth-order valence-corrected chi connectivity index (χ4v) is 2.79. The molecule has 0 saturated heterocycles. The predicted molar refractivity (Wildman–Crippen MR) is 75.4 cm³/mol. The Labute approximate surface area is 115 Å². The molecule has 1 aliphatic rings. The zero-order valence-electron chi connectivity index (χ0n) is 11.6. The number of aliphatic hydroxyl groups is 1. The molecule has 0 aromatic heterocycles. The Morgan fingerprint density at radius 2 is 1.95 bits per heavy atom. The third-order valence-electron chi connectivity index (χ3n) is 4.13. The van der Waals surface area contributed by atoms with Gasteiger partial charge in [0.1, 0.15) is 0 Å². The highest BCUT2D eigenvalue weighted by Crippen LogP contribution is 2.35. The average molecular weight is 261 g/mol. The summed E-state index contributed by atoms with van der Waals surface area (Å²) in [5.74, 6) is 0.168. The molecule has 0 heterocycles. The summed E-state index contributed by atoms with van der Waals surface area (Å²) < 4.78 is 0. The lowest BCUT2D eigenvalue weighted by Crippen LogP contribution is -2.39. The van der Waals surface area contributed by atoms with Crippen LogP contribution in [0.3, 0.4) is 0 Å². The van der Waals surface area contributed by atoms with Crippen molar-refractivity contribution < 1.29 is 9.90 Å². The summed E-state index contributed by atoms with van der Waals surface area (Å²) in [6, 6.07) is 7.70. The molecular weight excluding hydrogens is 238 g/mol. The van der Waals surface area contributed by atoms with E-state index < -0.39 is 0 Å². The molecule has 19 heavy (non-hydrogen) atoms. The zero-order chi connectivity index (χ0) is 13.7. The minimum absolute atomic E-state index is 0.0412. The van der Waals surface area contributed by atoms with Gasteiger partial charge in [-0.3, -0.25) is 4.79 Å². The summed E-state index contributed by atoms with van der Waals surface area (Å²) >= 11 is 0. The Balaban J connectivity index is 1.92. The standard InChI is InChI=1S/C16H23NO2/c1-16(8-3-2-4-9-16)15(19)17-11-13-6-5-7-14(10-13)12-18/h5-7,10,18H,2-4,8-9,11-12H2,1H3,(H,17,19). The van der Waals surface area contributed by atoms with Crippen LogP contribution in [0.5, 0.6) is 0 Å². The normalized spacial score (nSPS) is 18.0. The summed E-state index contributed by atoms with van der Waals surface area (Å²) in [5.41, 5.74) is 1.74. The van der Waals surface area contributed by atoms with E-state index in [2.05, 4.69) is 12.2 Å². The van der Waals surface area contributed by atoms with E-state index in [1.165, 1.54) is 6.42 Å². The van der Waals surface area contributed by atoms with Crippen molar-refractivity contribution in [3.8, 4) is 0 Å². The molecule has 1 aromatic carbocycles. The average Bonchev–Trinajstić information content (AvgIpc) is 2.45. The first-order chi connectivity index (χ1) is 9.14. The molecule has 0 aliphatic heterocycles. The highest BCUT2D eigenvalue weighted by atomic mass is 16.3. The molecule has 0 bridgehead atoms. The molecular formula is C16H23NO2. The smallest absolute Gasteiger partial charge is 0.226 e. The lowest BCUT2D eigenvalue weighted by Gasteiger charge is -2.32. The van der Waals surface area contributed by atoms with Crippen LogP contribution in [-0.2, 0) is 17.9 Å². The molecule has 1 aromatic rings. The van der Waals surface area contributed by atoms with Crippen molar-refractivity contribution in [1.82, 2.24) is 5.32 Å². The molecule has 3 heteroatoms. The third-order valence-corrected chi connectivity index (χ3v) is 4.13. The topological polar surface area (TPSA) is 49.3 Å². The Bertz CT molecular complexity index is 436. The summed E-state index contributed by atoms with van der Waals surface area (Å²) in [6.07, 6.45) is 5.56. The number of carbonyl (C=O) groups is 1. The highest BCUT2D eigenvalue weighted by Gasteiger charge is 2.34. The van der Waals surface area contributed by atoms with Crippen LogP contribution in [0.1, 0.15) is 50.2 Å². The van der Waals surface area contributed by atoms with Crippen LogP contribution in [0.2, 0.25) is 0 Å². The fraction of sp³-hybridized carbons (Fsp3) is 0.562. The largest absolute Gasteiger partial charge is 0.392 e. The van der Waals surface area contributed by atoms with Crippen LogP contribution in [0.25, 0.3) is 0 Å². The second kappa shape index (κ2) is 6.20. The lowest BCUT2D eigenvalue weighted by molar-refractivity contribution is -0.132. The van der Waals surface area contributed by atoms with Crippen molar-refractivity contribution in [2.24, 2.45) is 5.41 Å². The summed E-state index contributed by atoms with van der Waals surface area (Å²) in [5, 5.41) is 12.1. The van der Waals surface area contributed by atoms with Crippen molar-refractivity contribution >= 4 is 5.91 Å². The molecule has 3 nitrogen and oxygen atoms in total. The van der Waals surface area contributed by atoms with Crippen molar-refractivity contribution in [2.45, 2.75) is 52.2 Å². The van der Waals surface area contributed by atoms with Gasteiger partial charge in [-0.25, -0.2) is 0 Å². The first kappa shape index (κ1) is 14.1. The summed E-state index contributed by atoms with van der Waals surface area (Å²) in [7, 11) is 0. The molecule has 2 N–H and O–H groups in total. The maximum atomic E-state index is 12.3. The molecule has 0 radical (unpaired) electrons. The maximum Gasteiger partial charge on any atom is 0.226 e. The Morgan fingerprint density at radius 1 is 1.26 bits per heavy atom. The molecule has 0 atom stereocenters. The molecule has 104 valence electrons. The van der Waals surface area contributed by atoms with Gasteiger partial charge in [0.15, 0.2) is 0 Å². The van der Waals surface area contributed by atoms with E-state index in [1.807, 2.05) is 24.3 Å². The summed E-state index contributed by atoms with van der Waals surface area (Å²) in [4.78, 5) is 12.3. The second-order valence-corrected chi connectivity index (χ2v) is 5.78. The van der Waals surface area contributed by atoms with E-state index in [4.69, 9.17) is 5.11 Å². The molecule has 1 amide bonds. The number of aliphatic hydroxyl groups excluding tert-OH is 1. The van der Waals surface area contributed by atoms with Gasteiger partial charge >= 0.3 is 0 Å². The van der Waals surface area contributed by atoms with Gasteiger partial charge in [0, 0.05) is 12.0 Å². The minimum Gasteiger partial charge on any atom is -0.392 e. The summed E-state index contributed by atoms with van der Waals surface area (Å²) in [6.45, 7) is 2.66. The number of hydrogen-bond acceptors (Lipinski definition) is 2. The van der Waals surface area contributed by atoms with Crippen LogP contribution in [0.15, 0.2) is 24.3 Å². The SMILES string of the molecule is CC1(C(=O)NCc2cccc(CO)c2)CCCCC1. The van der Waals surface area contributed by atoms with Gasteiger partial charge in [0.05, 0.1) is 6.61 Å². The van der Waals surface area contributed by atoms with Gasteiger partial charge in [0.2, 0.25) is 5.91 Å². The van der Waals surface area contributed by atoms with E-state index in [9.17, 15) is 4.79 Å². The quantitative estimate of drug-likeness (QED) is 0.875. The lowest BCUT2D eigenvalue weighted by atomic mass is 9.75. The molecule has 2 rings (SSSR count). The van der Waals surface area contributed by atoms with Crippen LogP contribution in [0, 0.1) is 5.41 Å². The number of amides is 1. The van der Waals surface area contributed by atoms with Gasteiger partial charge in [-0.2, -0.15) is 0 Å². The fourth-order valence-electron chi connectivity index (χ4n) is 2.79.